The molecule has 0 aromatic carbocycles. The maximum atomic E-state index is 12.3. The van der Waals surface area contributed by atoms with Gasteiger partial charge in [0, 0.05) is 25.7 Å². The summed E-state index contributed by atoms with van der Waals surface area (Å²) in [5, 5.41) is 21.9. The molecule has 182 valence electrons. The predicted molar refractivity (Wildman–Crippen MR) is 108 cm³/mol. The van der Waals surface area contributed by atoms with Gasteiger partial charge in [0.2, 0.25) is 0 Å². The van der Waals surface area contributed by atoms with Crippen molar-refractivity contribution >= 4 is 23.9 Å². The Labute approximate surface area is 187 Å². The number of cyclic esters (lactones) is 4. The molecule has 0 radical (unpaired) electrons. The summed E-state index contributed by atoms with van der Waals surface area (Å²) in [4.78, 5) is 49.2. The average molecular weight is 459 g/mol. The summed E-state index contributed by atoms with van der Waals surface area (Å²) in [7, 11) is 0. The number of hydrogen-bond acceptors (Lipinski definition) is 10. The first-order valence-corrected chi connectivity index (χ1v) is 11.6. The molecule has 10 nitrogen and oxygen atoms in total. The molecule has 0 aliphatic carbocycles. The second kappa shape index (κ2) is 12.7. The molecule has 2 N–H and O–H groups in total. The highest BCUT2D eigenvalue weighted by molar-refractivity contribution is 5.74. The zero-order valence-electron chi connectivity index (χ0n) is 18.5. The zero-order chi connectivity index (χ0) is 23.5. The first-order valence-electron chi connectivity index (χ1n) is 11.6. The third-order valence-corrected chi connectivity index (χ3v) is 5.43. The number of carbonyl (C=O) groups is 4. The van der Waals surface area contributed by atoms with Gasteiger partial charge in [0.05, 0.1) is 0 Å². The minimum absolute atomic E-state index is 0.141. The first kappa shape index (κ1) is 26.1. The molecule has 2 saturated heterocycles. The minimum Gasteiger partial charge on any atom is -0.390 e. The largest absolute Gasteiger partial charge is 0.488 e. The third-order valence-electron chi connectivity index (χ3n) is 5.43. The molecule has 2 fully saturated rings. The highest BCUT2D eigenvalue weighted by atomic mass is 16.9. The number of rotatable bonds is 1. The Kier molecular flexibility index (Phi) is 10.4. The lowest BCUT2D eigenvalue weighted by Gasteiger charge is -2.37. The summed E-state index contributed by atoms with van der Waals surface area (Å²) in [5.74, 6) is -11.1. The lowest BCUT2D eigenvalue weighted by Crippen LogP contribution is -2.63. The molecule has 32 heavy (non-hydrogen) atoms. The zero-order valence-corrected chi connectivity index (χ0v) is 18.5. The fourth-order valence-electron chi connectivity index (χ4n) is 3.61. The molecule has 0 atom stereocenters. The maximum Gasteiger partial charge on any atom is 0.488 e. The van der Waals surface area contributed by atoms with Crippen LogP contribution in [0.1, 0.15) is 103 Å². The number of ether oxygens (including phenoxy) is 4. The van der Waals surface area contributed by atoms with Gasteiger partial charge in [-0.05, 0) is 25.7 Å². The van der Waals surface area contributed by atoms with E-state index in [9.17, 15) is 29.4 Å². The highest BCUT2D eigenvalue weighted by Gasteiger charge is 2.65. The van der Waals surface area contributed by atoms with Crippen LogP contribution in [0.5, 0.6) is 0 Å². The van der Waals surface area contributed by atoms with Gasteiger partial charge in [0.15, 0.2) is 0 Å². The molecule has 0 spiro atoms. The molecule has 2 aliphatic rings. The van der Waals surface area contributed by atoms with Crippen molar-refractivity contribution in [1.29, 1.82) is 0 Å². The van der Waals surface area contributed by atoms with Crippen LogP contribution in [-0.2, 0) is 38.1 Å². The molecule has 0 unspecified atom stereocenters. The molecule has 0 aromatic heterocycles. The van der Waals surface area contributed by atoms with E-state index in [0.717, 1.165) is 51.4 Å². The fourth-order valence-corrected chi connectivity index (χ4v) is 3.61. The minimum atomic E-state index is -3.54. The Bertz CT molecular complexity index is 555. The first-order chi connectivity index (χ1) is 15.2. The van der Waals surface area contributed by atoms with Crippen LogP contribution in [0.25, 0.3) is 0 Å². The van der Waals surface area contributed by atoms with Crippen molar-refractivity contribution in [2.24, 2.45) is 0 Å². The van der Waals surface area contributed by atoms with Gasteiger partial charge in [-0.1, -0.05) is 51.4 Å². The van der Waals surface area contributed by atoms with E-state index in [-0.39, 0.29) is 25.7 Å². The predicted octanol–water partition coefficient (Wildman–Crippen LogP) is 2.72. The molecule has 0 amide bonds. The molecule has 2 rings (SSSR count). The summed E-state index contributed by atoms with van der Waals surface area (Å²) in [5.41, 5.74) is 0. The van der Waals surface area contributed by atoms with Crippen molar-refractivity contribution in [1.82, 2.24) is 0 Å². The van der Waals surface area contributed by atoms with Gasteiger partial charge in [0.1, 0.15) is 0 Å². The van der Waals surface area contributed by atoms with E-state index in [0.29, 0.717) is 25.7 Å². The molecule has 0 aromatic rings. The number of hydrogen-bond donors (Lipinski definition) is 2. The van der Waals surface area contributed by atoms with Crippen molar-refractivity contribution in [2.75, 3.05) is 0 Å². The Morgan fingerprint density at radius 1 is 0.406 bits per heavy atom. The van der Waals surface area contributed by atoms with E-state index in [4.69, 9.17) is 18.9 Å². The summed E-state index contributed by atoms with van der Waals surface area (Å²) >= 11 is 0. The van der Waals surface area contributed by atoms with Gasteiger partial charge in [-0.25, -0.2) is 0 Å². The van der Waals surface area contributed by atoms with E-state index >= 15 is 0 Å². The second-order valence-electron chi connectivity index (χ2n) is 8.30. The summed E-state index contributed by atoms with van der Waals surface area (Å²) in [6.45, 7) is 0. The Morgan fingerprint density at radius 2 is 0.594 bits per heavy atom. The van der Waals surface area contributed by atoms with Crippen molar-refractivity contribution in [3.63, 3.8) is 0 Å². The van der Waals surface area contributed by atoms with Crippen molar-refractivity contribution in [3.05, 3.63) is 0 Å². The molecule has 2 aliphatic heterocycles. The van der Waals surface area contributed by atoms with Crippen molar-refractivity contribution in [2.45, 2.75) is 115 Å². The fraction of sp³-hybridized carbons (Fsp3) is 0.818. The smallest absolute Gasteiger partial charge is 0.390 e. The van der Waals surface area contributed by atoms with E-state index in [1.54, 1.807) is 0 Å². The van der Waals surface area contributed by atoms with Crippen LogP contribution >= 0.6 is 0 Å². The molecule has 2 heterocycles. The summed E-state index contributed by atoms with van der Waals surface area (Å²) in [6, 6.07) is 0. The van der Waals surface area contributed by atoms with Crippen LogP contribution < -0.4 is 0 Å². The van der Waals surface area contributed by atoms with Crippen molar-refractivity contribution in [3.8, 4) is 0 Å². The van der Waals surface area contributed by atoms with Crippen LogP contribution in [0.3, 0.4) is 0 Å². The Morgan fingerprint density at radius 3 is 0.812 bits per heavy atom. The quantitative estimate of drug-likeness (QED) is 0.562. The standard InChI is InChI=1S/C22H34O10/c23-17-13-9-5-1-2-6-10-14-18(24)30-21(27,29-17)22(28)31-19(25)15-11-7-3-4-8-12-16-20(26)32-22/h27-28H,1-16H2. The Hall–Kier alpha value is -2.20. The number of aliphatic hydroxyl groups is 2. The topological polar surface area (TPSA) is 146 Å². The highest BCUT2D eigenvalue weighted by Crippen LogP contribution is 2.32. The number of carbonyl (C=O) groups excluding carboxylic acids is 4. The second-order valence-corrected chi connectivity index (χ2v) is 8.30. The van der Waals surface area contributed by atoms with Crippen LogP contribution in [-0.4, -0.2) is 46.0 Å². The van der Waals surface area contributed by atoms with Crippen LogP contribution in [0.15, 0.2) is 0 Å². The van der Waals surface area contributed by atoms with Crippen molar-refractivity contribution < 1.29 is 48.3 Å². The van der Waals surface area contributed by atoms with E-state index < -0.39 is 35.8 Å². The van der Waals surface area contributed by atoms with Crippen LogP contribution in [0, 0.1) is 0 Å². The van der Waals surface area contributed by atoms with Crippen LogP contribution in [0.2, 0.25) is 0 Å². The third kappa shape index (κ3) is 8.38. The van der Waals surface area contributed by atoms with Gasteiger partial charge in [-0.15, -0.1) is 0 Å². The summed E-state index contributed by atoms with van der Waals surface area (Å²) < 4.78 is 19.5. The maximum absolute atomic E-state index is 12.3. The summed E-state index contributed by atoms with van der Waals surface area (Å²) in [6.07, 6.45) is 7.62. The molecular formula is C22H34O10. The monoisotopic (exact) mass is 458 g/mol. The average Bonchev–Trinajstić information content (AvgIpc) is 2.72. The Balaban J connectivity index is 2.32. The lowest BCUT2D eigenvalue weighted by atomic mass is 10.1. The number of esters is 4. The normalized spacial score (nSPS) is 24.9. The van der Waals surface area contributed by atoms with Gasteiger partial charge in [0.25, 0.3) is 0 Å². The van der Waals surface area contributed by atoms with E-state index in [2.05, 4.69) is 0 Å². The SMILES string of the molecule is O=C1CCCCCCCCC(=O)OC(O)(C2(O)OC(=O)CCCCCCCCC(=O)O2)O1. The molecule has 10 heteroatoms. The molecule has 0 bridgehead atoms. The molecule has 0 saturated carbocycles. The van der Waals surface area contributed by atoms with Crippen LogP contribution in [0.4, 0.5) is 0 Å². The van der Waals surface area contributed by atoms with Gasteiger partial charge in [-0.3, -0.25) is 19.2 Å². The molecular weight excluding hydrogens is 424 g/mol. The lowest BCUT2D eigenvalue weighted by molar-refractivity contribution is -0.504. The van der Waals surface area contributed by atoms with Gasteiger partial charge in [-0.2, -0.15) is 0 Å². The van der Waals surface area contributed by atoms with Gasteiger partial charge < -0.3 is 29.2 Å². The van der Waals surface area contributed by atoms with Gasteiger partial charge >= 0.3 is 35.8 Å². The van der Waals surface area contributed by atoms with E-state index in [1.165, 1.54) is 0 Å². The van der Waals surface area contributed by atoms with E-state index in [1.807, 2.05) is 0 Å².